The van der Waals surface area contributed by atoms with Crippen LogP contribution in [0.4, 0.5) is 0 Å². The number of aliphatic carboxylic acids is 2. The van der Waals surface area contributed by atoms with Crippen LogP contribution in [0.25, 0.3) is 0 Å². The van der Waals surface area contributed by atoms with Crippen molar-refractivity contribution in [3.05, 3.63) is 0 Å². The van der Waals surface area contributed by atoms with Crippen LogP contribution in [0.3, 0.4) is 0 Å². The van der Waals surface area contributed by atoms with Crippen LogP contribution in [0.2, 0.25) is 0 Å². The highest BCUT2D eigenvalue weighted by Crippen LogP contribution is 1.90. The van der Waals surface area contributed by atoms with Crippen molar-refractivity contribution in [1.82, 2.24) is 5.32 Å². The van der Waals surface area contributed by atoms with Gasteiger partial charge in [0.2, 0.25) is 0 Å². The van der Waals surface area contributed by atoms with Crippen LogP contribution in [-0.4, -0.2) is 35.2 Å². The molecule has 0 aromatic carbocycles. The summed E-state index contributed by atoms with van der Waals surface area (Å²) in [5.41, 5.74) is 0. The van der Waals surface area contributed by atoms with Crippen LogP contribution in [0, 0.1) is 0 Å². The average Bonchev–Trinajstić information content (AvgIpc) is 2.41. The van der Waals surface area contributed by atoms with Crippen molar-refractivity contribution in [2.45, 2.75) is 12.8 Å². The predicted octanol–water partition coefficient (Wildman–Crippen LogP) is -0.475. The molecular formula is C6H11NO4. The number of carboxylic acid groups (broad SMARTS) is 2. The van der Waals surface area contributed by atoms with Crippen molar-refractivity contribution in [3.63, 3.8) is 0 Å². The van der Waals surface area contributed by atoms with Crippen LogP contribution in [0.5, 0.6) is 0 Å². The standard InChI is InChI=1S/C4H9N.C2H2O4/c1-2-4-5-3-1;3-1(4)2(5)6/h5H,1-4H2;(H,3,4)(H,5,6). The zero-order chi connectivity index (χ0) is 8.69. The zero-order valence-corrected chi connectivity index (χ0v) is 6.04. The first-order chi connectivity index (χ1) is 5.14. The first-order valence-electron chi connectivity index (χ1n) is 3.31. The van der Waals surface area contributed by atoms with Gasteiger partial charge in [-0.25, -0.2) is 9.59 Å². The van der Waals surface area contributed by atoms with Gasteiger partial charge in [0.15, 0.2) is 0 Å². The van der Waals surface area contributed by atoms with Crippen LogP contribution in [0.15, 0.2) is 0 Å². The van der Waals surface area contributed by atoms with E-state index in [0.717, 1.165) is 0 Å². The number of carboxylic acids is 2. The summed E-state index contributed by atoms with van der Waals surface area (Å²) in [5, 5.41) is 18.0. The number of rotatable bonds is 0. The Morgan fingerprint density at radius 3 is 1.45 bits per heavy atom. The van der Waals surface area contributed by atoms with Gasteiger partial charge in [0.05, 0.1) is 0 Å². The second-order valence-electron chi connectivity index (χ2n) is 2.07. The number of nitrogens with one attached hydrogen (secondary N) is 1. The minimum atomic E-state index is -1.82. The fourth-order valence-corrected chi connectivity index (χ4v) is 0.625. The highest BCUT2D eigenvalue weighted by molar-refractivity contribution is 6.27. The molecule has 1 fully saturated rings. The van der Waals surface area contributed by atoms with Crippen molar-refractivity contribution in [2.24, 2.45) is 0 Å². The SMILES string of the molecule is C1CCNC1.O=C(O)C(=O)O. The van der Waals surface area contributed by atoms with E-state index in [1.807, 2.05) is 0 Å². The highest BCUT2D eigenvalue weighted by atomic mass is 16.4. The Hall–Kier alpha value is -1.10. The van der Waals surface area contributed by atoms with Crippen LogP contribution >= 0.6 is 0 Å². The molecule has 3 N–H and O–H groups in total. The largest absolute Gasteiger partial charge is 0.473 e. The molecule has 0 saturated carbocycles. The summed E-state index contributed by atoms with van der Waals surface area (Å²) in [6.45, 7) is 2.50. The molecule has 64 valence electrons. The Morgan fingerprint density at radius 2 is 1.36 bits per heavy atom. The molecule has 1 saturated heterocycles. The lowest BCUT2D eigenvalue weighted by molar-refractivity contribution is -0.159. The van der Waals surface area contributed by atoms with Crippen LogP contribution in [-0.2, 0) is 9.59 Å². The van der Waals surface area contributed by atoms with Gasteiger partial charge in [0.1, 0.15) is 0 Å². The molecule has 0 bridgehead atoms. The maximum absolute atomic E-state index is 9.10. The van der Waals surface area contributed by atoms with E-state index in [-0.39, 0.29) is 0 Å². The molecule has 0 aliphatic carbocycles. The Bertz CT molecular complexity index is 122. The first-order valence-corrected chi connectivity index (χ1v) is 3.31. The molecule has 0 spiro atoms. The molecule has 1 heterocycles. The minimum absolute atomic E-state index is 1.25. The Kier molecular flexibility index (Phi) is 5.10. The Labute approximate surface area is 64.0 Å². The van der Waals surface area contributed by atoms with Gasteiger partial charge >= 0.3 is 11.9 Å². The van der Waals surface area contributed by atoms with Crippen LogP contribution < -0.4 is 5.32 Å². The van der Waals surface area contributed by atoms with E-state index in [4.69, 9.17) is 19.8 Å². The van der Waals surface area contributed by atoms with E-state index < -0.39 is 11.9 Å². The van der Waals surface area contributed by atoms with Gasteiger partial charge in [-0.15, -0.1) is 0 Å². The van der Waals surface area contributed by atoms with Gasteiger partial charge in [-0.3, -0.25) is 0 Å². The van der Waals surface area contributed by atoms with E-state index in [2.05, 4.69) is 5.32 Å². The molecular weight excluding hydrogens is 150 g/mol. The third-order valence-corrected chi connectivity index (χ3v) is 1.14. The zero-order valence-electron chi connectivity index (χ0n) is 6.04. The molecule has 5 heteroatoms. The van der Waals surface area contributed by atoms with Crippen molar-refractivity contribution in [3.8, 4) is 0 Å². The van der Waals surface area contributed by atoms with E-state index in [1.54, 1.807) is 0 Å². The Balaban J connectivity index is 0.000000183. The van der Waals surface area contributed by atoms with Crippen molar-refractivity contribution in [1.29, 1.82) is 0 Å². The van der Waals surface area contributed by atoms with Gasteiger partial charge in [0.25, 0.3) is 0 Å². The molecule has 0 aromatic heterocycles. The van der Waals surface area contributed by atoms with E-state index in [0.29, 0.717) is 0 Å². The Morgan fingerprint density at radius 1 is 1.00 bits per heavy atom. The van der Waals surface area contributed by atoms with E-state index in [9.17, 15) is 0 Å². The smallest absolute Gasteiger partial charge is 0.414 e. The molecule has 1 aliphatic heterocycles. The minimum Gasteiger partial charge on any atom is -0.473 e. The van der Waals surface area contributed by atoms with Crippen molar-refractivity contribution in [2.75, 3.05) is 13.1 Å². The summed E-state index contributed by atoms with van der Waals surface area (Å²) in [6.07, 6.45) is 2.78. The molecule has 1 rings (SSSR count). The fraction of sp³-hybridized carbons (Fsp3) is 0.667. The number of hydrogen-bond acceptors (Lipinski definition) is 3. The maximum Gasteiger partial charge on any atom is 0.414 e. The molecule has 0 atom stereocenters. The lowest BCUT2D eigenvalue weighted by atomic mass is 10.4. The molecule has 11 heavy (non-hydrogen) atoms. The summed E-state index contributed by atoms with van der Waals surface area (Å²) in [7, 11) is 0. The van der Waals surface area contributed by atoms with Gasteiger partial charge in [-0.1, -0.05) is 0 Å². The number of carbonyl (C=O) groups is 2. The average molecular weight is 161 g/mol. The third-order valence-electron chi connectivity index (χ3n) is 1.14. The maximum atomic E-state index is 9.10. The molecule has 1 aliphatic rings. The van der Waals surface area contributed by atoms with Crippen molar-refractivity contribution < 1.29 is 19.8 Å². The molecule has 0 unspecified atom stereocenters. The van der Waals surface area contributed by atoms with E-state index in [1.165, 1.54) is 25.9 Å². The summed E-state index contributed by atoms with van der Waals surface area (Å²) < 4.78 is 0. The summed E-state index contributed by atoms with van der Waals surface area (Å²) in [6, 6.07) is 0. The monoisotopic (exact) mass is 161 g/mol. The summed E-state index contributed by atoms with van der Waals surface area (Å²) in [4.78, 5) is 18.2. The topological polar surface area (TPSA) is 86.6 Å². The first kappa shape index (κ1) is 9.90. The normalized spacial score (nSPS) is 14.9. The van der Waals surface area contributed by atoms with Crippen LogP contribution in [0.1, 0.15) is 12.8 Å². The van der Waals surface area contributed by atoms with Gasteiger partial charge in [0, 0.05) is 0 Å². The van der Waals surface area contributed by atoms with Gasteiger partial charge in [-0.2, -0.15) is 0 Å². The van der Waals surface area contributed by atoms with Gasteiger partial charge < -0.3 is 15.5 Å². The molecule has 0 aromatic rings. The molecule has 0 amide bonds. The lowest BCUT2D eigenvalue weighted by Crippen LogP contribution is -2.09. The summed E-state index contributed by atoms with van der Waals surface area (Å²) in [5.74, 6) is -3.65. The second-order valence-corrected chi connectivity index (χ2v) is 2.07. The quantitative estimate of drug-likeness (QED) is 0.418. The van der Waals surface area contributed by atoms with Crippen molar-refractivity contribution >= 4 is 11.9 Å². The van der Waals surface area contributed by atoms with Gasteiger partial charge in [-0.05, 0) is 25.9 Å². The number of hydrogen-bond donors (Lipinski definition) is 3. The molecule has 0 radical (unpaired) electrons. The third kappa shape index (κ3) is 6.79. The van der Waals surface area contributed by atoms with E-state index >= 15 is 0 Å². The second kappa shape index (κ2) is 5.67. The summed E-state index contributed by atoms with van der Waals surface area (Å²) >= 11 is 0. The highest BCUT2D eigenvalue weighted by Gasteiger charge is 2.04. The predicted molar refractivity (Wildman–Crippen MR) is 37.4 cm³/mol. The lowest BCUT2D eigenvalue weighted by Gasteiger charge is -1.76. The molecule has 5 nitrogen and oxygen atoms in total. The fourth-order valence-electron chi connectivity index (χ4n) is 0.625.